The van der Waals surface area contributed by atoms with Gasteiger partial charge in [-0.2, -0.15) is 0 Å². The summed E-state index contributed by atoms with van der Waals surface area (Å²) in [5.74, 6) is 0.232. The van der Waals surface area contributed by atoms with Gasteiger partial charge in [-0.25, -0.2) is 0 Å². The second-order valence-electron chi connectivity index (χ2n) is 5.54. The Morgan fingerprint density at radius 2 is 2.00 bits per heavy atom. The van der Waals surface area contributed by atoms with Gasteiger partial charge in [0.1, 0.15) is 5.75 Å². The van der Waals surface area contributed by atoms with Crippen LogP contribution in [0.4, 0.5) is 0 Å². The van der Waals surface area contributed by atoms with Crippen LogP contribution >= 0.6 is 27.3 Å². The molecule has 0 bridgehead atoms. The van der Waals surface area contributed by atoms with Crippen molar-refractivity contribution in [2.45, 2.75) is 33.1 Å². The first-order chi connectivity index (χ1) is 11.9. The average Bonchev–Trinajstić information content (AvgIpc) is 2.99. The van der Waals surface area contributed by atoms with Gasteiger partial charge in [-0.15, -0.1) is 11.3 Å². The summed E-state index contributed by atoms with van der Waals surface area (Å²) in [6.07, 6.45) is 1.75. The van der Waals surface area contributed by atoms with E-state index in [2.05, 4.69) is 33.7 Å². The molecule has 5 nitrogen and oxygen atoms in total. The molecule has 0 unspecified atom stereocenters. The smallest absolute Gasteiger partial charge is 0.279 e. The number of methoxy groups -OCH3 is 1. The van der Waals surface area contributed by atoms with Gasteiger partial charge < -0.3 is 4.74 Å². The van der Waals surface area contributed by atoms with Crippen LogP contribution in [0.25, 0.3) is 0 Å². The van der Waals surface area contributed by atoms with E-state index in [1.54, 1.807) is 7.11 Å². The van der Waals surface area contributed by atoms with Crippen molar-refractivity contribution in [1.29, 1.82) is 0 Å². The molecule has 0 spiro atoms. The van der Waals surface area contributed by atoms with E-state index in [-0.39, 0.29) is 18.2 Å². The Bertz CT molecular complexity index is 774. The van der Waals surface area contributed by atoms with E-state index >= 15 is 0 Å². The number of aryl methyl sites for hydroxylation is 3. The second-order valence-corrected chi connectivity index (χ2v) is 7.53. The molecule has 134 valence electrons. The van der Waals surface area contributed by atoms with Gasteiger partial charge in [-0.1, -0.05) is 13.0 Å². The minimum atomic E-state index is -0.284. The molecule has 2 amide bonds. The molecule has 2 aromatic rings. The number of halogens is 1. The number of rotatable bonds is 6. The number of carbonyl (C=O) groups excluding carboxylic acids is 2. The maximum atomic E-state index is 12.1. The molecule has 0 fully saturated rings. The zero-order chi connectivity index (χ0) is 18.4. The Labute approximate surface area is 159 Å². The quantitative estimate of drug-likeness (QED) is 0.693. The van der Waals surface area contributed by atoms with Crippen LogP contribution in [0.3, 0.4) is 0 Å². The lowest BCUT2D eigenvalue weighted by Crippen LogP contribution is -2.41. The Kier molecular flexibility index (Phi) is 7.01. The van der Waals surface area contributed by atoms with Gasteiger partial charge >= 0.3 is 0 Å². The zero-order valence-electron chi connectivity index (χ0n) is 14.4. The van der Waals surface area contributed by atoms with E-state index in [1.807, 2.05) is 31.2 Å². The average molecular weight is 425 g/mol. The Morgan fingerprint density at radius 1 is 1.24 bits per heavy atom. The molecule has 0 aliphatic rings. The first kappa shape index (κ1) is 19.5. The number of carbonyl (C=O) groups is 2. The summed E-state index contributed by atoms with van der Waals surface area (Å²) in [5.41, 5.74) is 7.05. The van der Waals surface area contributed by atoms with Gasteiger partial charge in [0.15, 0.2) is 0 Å². The Morgan fingerprint density at radius 3 is 2.60 bits per heavy atom. The van der Waals surface area contributed by atoms with Gasteiger partial charge in [0.05, 0.1) is 16.5 Å². The standard InChI is InChI=1S/C18H21BrN2O3S/c1-4-15-11(2)9-16(25-15)18(23)21-20-17(22)8-6-12-5-7-14(24-3)13(19)10-12/h5,7,9-10H,4,6,8H2,1-3H3,(H,20,22)(H,21,23). The fourth-order valence-corrected chi connectivity index (χ4v) is 3.95. The second kappa shape index (κ2) is 9.01. The molecule has 0 radical (unpaired) electrons. The molecular formula is C18H21BrN2O3S. The third-order valence-electron chi connectivity index (χ3n) is 3.74. The van der Waals surface area contributed by atoms with E-state index in [0.29, 0.717) is 11.3 Å². The number of benzene rings is 1. The molecule has 0 atom stereocenters. The van der Waals surface area contributed by atoms with Crippen molar-refractivity contribution in [2.24, 2.45) is 0 Å². The number of hydrazine groups is 1. The molecular weight excluding hydrogens is 404 g/mol. The first-order valence-electron chi connectivity index (χ1n) is 7.95. The number of hydrogen-bond donors (Lipinski definition) is 2. The maximum absolute atomic E-state index is 12.1. The molecule has 1 heterocycles. The van der Waals surface area contributed by atoms with Crippen LogP contribution < -0.4 is 15.6 Å². The van der Waals surface area contributed by atoms with Crippen LogP contribution in [-0.2, 0) is 17.6 Å². The lowest BCUT2D eigenvalue weighted by atomic mass is 10.1. The fourth-order valence-electron chi connectivity index (χ4n) is 2.36. The Hall–Kier alpha value is -1.86. The number of ether oxygens (including phenoxy) is 1. The minimum Gasteiger partial charge on any atom is -0.496 e. The number of nitrogens with one attached hydrogen (secondary N) is 2. The van der Waals surface area contributed by atoms with Crippen molar-refractivity contribution < 1.29 is 14.3 Å². The molecule has 1 aromatic carbocycles. The topological polar surface area (TPSA) is 67.4 Å². The molecule has 7 heteroatoms. The highest BCUT2D eigenvalue weighted by Crippen LogP contribution is 2.26. The van der Waals surface area contributed by atoms with Crippen molar-refractivity contribution in [3.05, 3.63) is 49.6 Å². The minimum absolute atomic E-state index is 0.232. The highest BCUT2D eigenvalue weighted by Gasteiger charge is 2.12. The van der Waals surface area contributed by atoms with Crippen LogP contribution in [0.15, 0.2) is 28.7 Å². The summed E-state index contributed by atoms with van der Waals surface area (Å²) < 4.78 is 6.03. The summed E-state index contributed by atoms with van der Waals surface area (Å²) in [6.45, 7) is 4.04. The van der Waals surface area contributed by atoms with Gasteiger partial charge in [0, 0.05) is 11.3 Å². The van der Waals surface area contributed by atoms with Crippen molar-refractivity contribution in [3.63, 3.8) is 0 Å². The van der Waals surface area contributed by atoms with Gasteiger partial charge in [0.2, 0.25) is 5.91 Å². The lowest BCUT2D eigenvalue weighted by molar-refractivity contribution is -0.121. The van der Waals surface area contributed by atoms with Crippen LogP contribution in [0, 0.1) is 6.92 Å². The molecule has 0 saturated heterocycles. The number of hydrogen-bond acceptors (Lipinski definition) is 4. The molecule has 25 heavy (non-hydrogen) atoms. The SMILES string of the molecule is CCc1sc(C(=O)NNC(=O)CCc2ccc(OC)c(Br)c2)cc1C. The first-order valence-corrected chi connectivity index (χ1v) is 9.56. The highest BCUT2D eigenvalue weighted by molar-refractivity contribution is 9.10. The number of amides is 2. The molecule has 2 N–H and O–H groups in total. The van der Waals surface area contributed by atoms with E-state index in [9.17, 15) is 9.59 Å². The van der Waals surface area contributed by atoms with E-state index < -0.39 is 0 Å². The van der Waals surface area contributed by atoms with Crippen LogP contribution in [0.5, 0.6) is 5.75 Å². The maximum Gasteiger partial charge on any atom is 0.279 e. The molecule has 2 rings (SSSR count). The van der Waals surface area contributed by atoms with Crippen molar-refractivity contribution in [3.8, 4) is 5.75 Å². The monoisotopic (exact) mass is 424 g/mol. The molecule has 1 aromatic heterocycles. The Balaban J connectivity index is 1.82. The van der Waals surface area contributed by atoms with Crippen molar-refractivity contribution in [1.82, 2.24) is 10.9 Å². The van der Waals surface area contributed by atoms with Crippen LogP contribution in [0.1, 0.15) is 39.0 Å². The third kappa shape index (κ3) is 5.31. The molecule has 0 aliphatic heterocycles. The lowest BCUT2D eigenvalue weighted by Gasteiger charge is -2.08. The summed E-state index contributed by atoms with van der Waals surface area (Å²) in [5, 5.41) is 0. The van der Waals surface area contributed by atoms with Crippen LogP contribution in [-0.4, -0.2) is 18.9 Å². The molecule has 0 aliphatic carbocycles. The summed E-state index contributed by atoms with van der Waals surface area (Å²) in [6, 6.07) is 7.53. The molecule has 0 saturated carbocycles. The van der Waals surface area contributed by atoms with Crippen molar-refractivity contribution in [2.75, 3.05) is 7.11 Å². The zero-order valence-corrected chi connectivity index (χ0v) is 16.8. The van der Waals surface area contributed by atoms with E-state index in [4.69, 9.17) is 4.74 Å². The predicted octanol–water partition coefficient (Wildman–Crippen LogP) is 3.78. The summed E-state index contributed by atoms with van der Waals surface area (Å²) in [4.78, 5) is 25.8. The summed E-state index contributed by atoms with van der Waals surface area (Å²) in [7, 11) is 1.61. The van der Waals surface area contributed by atoms with Gasteiger partial charge in [0.25, 0.3) is 5.91 Å². The van der Waals surface area contributed by atoms with Crippen molar-refractivity contribution >= 4 is 39.1 Å². The van der Waals surface area contributed by atoms with Crippen LogP contribution in [0.2, 0.25) is 0 Å². The van der Waals surface area contributed by atoms with Gasteiger partial charge in [-0.05, 0) is 65.0 Å². The predicted molar refractivity (Wildman–Crippen MR) is 103 cm³/mol. The fraction of sp³-hybridized carbons (Fsp3) is 0.333. The summed E-state index contributed by atoms with van der Waals surface area (Å²) >= 11 is 4.88. The highest BCUT2D eigenvalue weighted by atomic mass is 79.9. The van der Waals surface area contributed by atoms with Gasteiger partial charge in [-0.3, -0.25) is 20.4 Å². The third-order valence-corrected chi connectivity index (χ3v) is 5.74. The van der Waals surface area contributed by atoms with E-state index in [1.165, 1.54) is 16.2 Å². The van der Waals surface area contributed by atoms with E-state index in [0.717, 1.165) is 27.8 Å². The normalized spacial score (nSPS) is 10.4. The number of thiophene rings is 1. The largest absolute Gasteiger partial charge is 0.496 e.